The van der Waals surface area contributed by atoms with E-state index in [2.05, 4.69) is 27.3 Å². The fourth-order valence-corrected chi connectivity index (χ4v) is 3.94. The Hall–Kier alpha value is -2.32. The quantitative estimate of drug-likeness (QED) is 0.370. The molecule has 0 radical (unpaired) electrons. The average Bonchev–Trinajstić information content (AvgIpc) is 3.46. The Bertz CT molecular complexity index is 760. The van der Waals surface area contributed by atoms with Crippen LogP contribution in [0.3, 0.4) is 0 Å². The lowest BCUT2D eigenvalue weighted by Gasteiger charge is -2.40. The van der Waals surface area contributed by atoms with Gasteiger partial charge in [-0.05, 0) is 72.6 Å². The number of likely N-dealkylation sites (tertiary alicyclic amines) is 1. The van der Waals surface area contributed by atoms with E-state index in [0.717, 1.165) is 57.8 Å². The minimum atomic E-state index is -0.468. The van der Waals surface area contributed by atoms with Crippen molar-refractivity contribution in [1.82, 2.24) is 25.3 Å². The summed E-state index contributed by atoms with van der Waals surface area (Å²) in [6.07, 6.45) is 5.73. The molecule has 2 fully saturated rings. The molecule has 2 aliphatic rings. The number of ether oxygens (including phenoxy) is 1. The van der Waals surface area contributed by atoms with E-state index in [1.165, 1.54) is 12.8 Å². The maximum atomic E-state index is 12.9. The zero-order valence-corrected chi connectivity index (χ0v) is 20.4. The predicted molar refractivity (Wildman–Crippen MR) is 124 cm³/mol. The van der Waals surface area contributed by atoms with Gasteiger partial charge in [-0.3, -0.25) is 4.99 Å². The van der Waals surface area contributed by atoms with E-state index in [9.17, 15) is 4.79 Å². The summed E-state index contributed by atoms with van der Waals surface area (Å²) in [5.41, 5.74) is -0.468. The van der Waals surface area contributed by atoms with Gasteiger partial charge >= 0.3 is 6.09 Å². The number of nitrogens with zero attached hydrogens (tertiary/aromatic N) is 5. The third-order valence-corrected chi connectivity index (χ3v) is 5.70. The van der Waals surface area contributed by atoms with Crippen LogP contribution in [0, 0.1) is 12.8 Å². The van der Waals surface area contributed by atoms with Gasteiger partial charge in [0.2, 0.25) is 5.89 Å². The molecule has 2 heterocycles. The van der Waals surface area contributed by atoms with E-state index >= 15 is 0 Å². The zero-order chi connectivity index (χ0) is 23.1. The van der Waals surface area contributed by atoms with Crippen molar-refractivity contribution >= 4 is 12.1 Å². The number of guanidine groups is 1. The largest absolute Gasteiger partial charge is 0.444 e. The summed E-state index contributed by atoms with van der Waals surface area (Å²) in [5.74, 6) is 2.92. The molecule has 1 amide bonds. The van der Waals surface area contributed by atoms with Crippen molar-refractivity contribution in [1.29, 1.82) is 0 Å². The molecule has 1 aromatic heterocycles. The first kappa shape index (κ1) is 24.3. The molecule has 0 atom stereocenters. The fraction of sp³-hybridized carbons (Fsp3) is 0.826. The summed E-state index contributed by atoms with van der Waals surface area (Å²) < 4.78 is 10.9. The first-order valence-electron chi connectivity index (χ1n) is 12.1. The van der Waals surface area contributed by atoms with Crippen LogP contribution in [0.4, 0.5) is 4.79 Å². The van der Waals surface area contributed by atoms with Crippen molar-refractivity contribution in [2.75, 3.05) is 32.7 Å². The number of hydrogen-bond donors (Lipinski definition) is 1. The molecule has 180 valence electrons. The standard InChI is InChI=1S/C23H40N6O3/c1-6-24-21(25-13-7-8-20-26-17(2)27-32-20)28-14-11-19(12-15-28)29(16-18-9-10-18)22(30)31-23(3,4)5/h18-19H,6-16H2,1-5H3,(H,24,25). The lowest BCUT2D eigenvalue weighted by atomic mass is 10.0. The van der Waals surface area contributed by atoms with E-state index in [0.29, 0.717) is 24.2 Å². The van der Waals surface area contributed by atoms with Crippen molar-refractivity contribution in [2.24, 2.45) is 10.9 Å². The summed E-state index contributed by atoms with van der Waals surface area (Å²) in [4.78, 5) is 26.2. The Morgan fingerprint density at radius 2 is 2.00 bits per heavy atom. The maximum absolute atomic E-state index is 12.9. The smallest absolute Gasteiger partial charge is 0.410 e. The van der Waals surface area contributed by atoms with Gasteiger partial charge < -0.3 is 24.4 Å². The molecule has 0 bridgehead atoms. The molecule has 3 rings (SSSR count). The van der Waals surface area contributed by atoms with Crippen molar-refractivity contribution < 1.29 is 14.1 Å². The zero-order valence-electron chi connectivity index (χ0n) is 20.4. The van der Waals surface area contributed by atoms with Crippen LogP contribution in [0.2, 0.25) is 0 Å². The van der Waals surface area contributed by atoms with Crippen molar-refractivity contribution in [3.63, 3.8) is 0 Å². The van der Waals surface area contributed by atoms with E-state index in [-0.39, 0.29) is 12.1 Å². The van der Waals surface area contributed by atoms with Gasteiger partial charge in [0.25, 0.3) is 0 Å². The number of carbonyl (C=O) groups excluding carboxylic acids is 1. The molecular formula is C23H40N6O3. The Kier molecular flexibility index (Phi) is 8.37. The minimum absolute atomic E-state index is 0.167. The minimum Gasteiger partial charge on any atom is -0.444 e. The average molecular weight is 449 g/mol. The second-order valence-electron chi connectivity index (χ2n) is 9.87. The summed E-state index contributed by atoms with van der Waals surface area (Å²) in [6.45, 7) is 13.8. The van der Waals surface area contributed by atoms with Gasteiger partial charge in [-0.25, -0.2) is 4.79 Å². The number of rotatable bonds is 8. The Balaban J connectivity index is 1.52. The van der Waals surface area contributed by atoms with Crippen molar-refractivity contribution in [3.8, 4) is 0 Å². The second kappa shape index (κ2) is 11.0. The summed E-state index contributed by atoms with van der Waals surface area (Å²) in [5, 5.41) is 7.24. The van der Waals surface area contributed by atoms with Crippen LogP contribution in [-0.4, -0.2) is 76.4 Å². The summed E-state index contributed by atoms with van der Waals surface area (Å²) in [6, 6.07) is 0.227. The molecule has 0 unspecified atom stereocenters. The van der Waals surface area contributed by atoms with Crippen LogP contribution in [0.15, 0.2) is 9.52 Å². The number of aryl methyl sites for hydroxylation is 2. The monoisotopic (exact) mass is 448 g/mol. The Morgan fingerprint density at radius 1 is 1.28 bits per heavy atom. The number of aliphatic imine (C=N–C) groups is 1. The fourth-order valence-electron chi connectivity index (χ4n) is 3.94. The molecule has 1 aliphatic carbocycles. The highest BCUT2D eigenvalue weighted by atomic mass is 16.6. The molecule has 32 heavy (non-hydrogen) atoms. The molecule has 1 aromatic rings. The van der Waals surface area contributed by atoms with Crippen LogP contribution in [0.5, 0.6) is 0 Å². The summed E-state index contributed by atoms with van der Waals surface area (Å²) in [7, 11) is 0. The molecule has 9 heteroatoms. The molecule has 1 saturated heterocycles. The van der Waals surface area contributed by atoms with Crippen LogP contribution in [0.25, 0.3) is 0 Å². The van der Waals surface area contributed by atoms with Gasteiger partial charge in [-0.15, -0.1) is 0 Å². The number of aromatic nitrogens is 2. The molecule has 1 aliphatic heterocycles. The first-order valence-corrected chi connectivity index (χ1v) is 12.1. The SMILES string of the molecule is CCNC(=NCCCc1nc(C)no1)N1CCC(N(CC2CC2)C(=O)OC(C)(C)C)CC1. The lowest BCUT2D eigenvalue weighted by molar-refractivity contribution is 0.00928. The number of carbonyl (C=O) groups is 1. The number of hydrogen-bond acceptors (Lipinski definition) is 6. The number of amides is 1. The van der Waals surface area contributed by atoms with Gasteiger partial charge in [0.1, 0.15) is 5.60 Å². The van der Waals surface area contributed by atoms with Crippen LogP contribution >= 0.6 is 0 Å². The van der Waals surface area contributed by atoms with E-state index < -0.39 is 5.60 Å². The normalized spacial score (nSPS) is 18.0. The Morgan fingerprint density at radius 3 is 2.56 bits per heavy atom. The van der Waals surface area contributed by atoms with Gasteiger partial charge in [-0.2, -0.15) is 4.98 Å². The van der Waals surface area contributed by atoms with Crippen molar-refractivity contribution in [3.05, 3.63) is 11.7 Å². The lowest BCUT2D eigenvalue weighted by Crippen LogP contribution is -2.52. The van der Waals surface area contributed by atoms with Gasteiger partial charge in [0.15, 0.2) is 11.8 Å². The molecule has 1 N–H and O–H groups in total. The van der Waals surface area contributed by atoms with Gasteiger partial charge in [0.05, 0.1) is 0 Å². The van der Waals surface area contributed by atoms with Crippen LogP contribution in [0.1, 0.15) is 71.5 Å². The molecule has 0 aromatic carbocycles. The van der Waals surface area contributed by atoms with Crippen LogP contribution in [-0.2, 0) is 11.2 Å². The molecule has 9 nitrogen and oxygen atoms in total. The van der Waals surface area contributed by atoms with Crippen LogP contribution < -0.4 is 5.32 Å². The predicted octanol–water partition coefficient (Wildman–Crippen LogP) is 3.39. The highest BCUT2D eigenvalue weighted by molar-refractivity contribution is 5.80. The topological polar surface area (TPSA) is 96.1 Å². The molecular weight excluding hydrogens is 408 g/mol. The highest BCUT2D eigenvalue weighted by Gasteiger charge is 2.35. The summed E-state index contributed by atoms with van der Waals surface area (Å²) >= 11 is 0. The third kappa shape index (κ3) is 7.67. The van der Waals surface area contributed by atoms with E-state index in [1.54, 1.807) is 0 Å². The maximum Gasteiger partial charge on any atom is 0.410 e. The highest BCUT2D eigenvalue weighted by Crippen LogP contribution is 2.32. The number of nitrogens with one attached hydrogen (secondary N) is 1. The Labute approximate surface area is 192 Å². The third-order valence-electron chi connectivity index (χ3n) is 5.70. The van der Waals surface area contributed by atoms with Gasteiger partial charge in [0, 0.05) is 45.2 Å². The van der Waals surface area contributed by atoms with Gasteiger partial charge in [-0.1, -0.05) is 5.16 Å². The second-order valence-corrected chi connectivity index (χ2v) is 9.87. The van der Waals surface area contributed by atoms with Crippen molar-refractivity contribution in [2.45, 2.75) is 84.8 Å². The first-order chi connectivity index (χ1) is 15.2. The van der Waals surface area contributed by atoms with E-state index in [1.807, 2.05) is 32.6 Å². The molecule has 1 saturated carbocycles. The number of piperidine rings is 1. The molecule has 0 spiro atoms. The van der Waals surface area contributed by atoms with E-state index in [4.69, 9.17) is 14.3 Å².